The molecule has 0 aliphatic carbocycles. The van der Waals surface area contributed by atoms with E-state index in [4.69, 9.17) is 0 Å². The van der Waals surface area contributed by atoms with Crippen molar-refractivity contribution in [3.63, 3.8) is 0 Å². The monoisotopic (exact) mass is 270 g/mol. The van der Waals surface area contributed by atoms with Crippen molar-refractivity contribution in [3.8, 4) is 0 Å². The molecule has 2 atom stereocenters. The lowest BCUT2D eigenvalue weighted by atomic mass is 10.1. The molecule has 1 N–H and O–H groups in total. The summed E-state index contributed by atoms with van der Waals surface area (Å²) < 4.78 is 1.23. The summed E-state index contributed by atoms with van der Waals surface area (Å²) in [6, 6.07) is 8.16. The van der Waals surface area contributed by atoms with Crippen LogP contribution in [0.1, 0.15) is 18.6 Å². The van der Waals surface area contributed by atoms with Gasteiger partial charge in [0.1, 0.15) is 0 Å². The second-order valence-corrected chi connectivity index (χ2v) is 5.67. The largest absolute Gasteiger partial charge is 0.387 e. The van der Waals surface area contributed by atoms with E-state index in [1.807, 2.05) is 24.4 Å². The van der Waals surface area contributed by atoms with Crippen molar-refractivity contribution in [2.45, 2.75) is 17.9 Å². The number of hydrogen-bond donors (Lipinski definition) is 1. The maximum absolute atomic E-state index is 9.94. The molecule has 0 spiro atoms. The smallest absolute Gasteiger partial charge is 0.0926 e. The van der Waals surface area contributed by atoms with Gasteiger partial charge in [-0.25, -0.2) is 0 Å². The first-order chi connectivity index (χ1) is 6.70. The lowest BCUT2D eigenvalue weighted by Gasteiger charge is -2.11. The molecule has 3 heteroatoms. The molecule has 0 fully saturated rings. The maximum Gasteiger partial charge on any atom is 0.0926 e. The summed E-state index contributed by atoms with van der Waals surface area (Å²) in [7, 11) is 0. The van der Waals surface area contributed by atoms with Gasteiger partial charge >= 0.3 is 0 Å². The van der Waals surface area contributed by atoms with E-state index in [0.29, 0.717) is 0 Å². The molecule has 1 aromatic heterocycles. The van der Waals surface area contributed by atoms with Crippen LogP contribution in [0.15, 0.2) is 29.6 Å². The van der Waals surface area contributed by atoms with Crippen molar-refractivity contribution < 1.29 is 5.11 Å². The number of benzene rings is 1. The predicted molar refractivity (Wildman–Crippen MR) is 65.2 cm³/mol. The highest BCUT2D eigenvalue weighted by molar-refractivity contribution is 9.09. The van der Waals surface area contributed by atoms with Crippen LogP contribution in [0.2, 0.25) is 0 Å². The van der Waals surface area contributed by atoms with Crippen LogP contribution in [-0.2, 0) is 0 Å². The molecule has 0 bridgehead atoms. The summed E-state index contributed by atoms with van der Waals surface area (Å²) in [5, 5.41) is 13.1. The molecule has 74 valence electrons. The molecular weight excluding hydrogens is 260 g/mol. The van der Waals surface area contributed by atoms with Gasteiger partial charge in [0.2, 0.25) is 0 Å². The standard InChI is InChI=1S/C11H11BrOS/c1-7(12)11(13)9-6-14-10-5-3-2-4-8(9)10/h2-7,11,13H,1H3. The molecule has 2 rings (SSSR count). The van der Waals surface area contributed by atoms with Crippen LogP contribution >= 0.6 is 27.3 Å². The molecule has 2 aromatic rings. The Morgan fingerprint density at radius 3 is 2.79 bits per heavy atom. The van der Waals surface area contributed by atoms with E-state index in [1.54, 1.807) is 11.3 Å². The van der Waals surface area contributed by atoms with E-state index >= 15 is 0 Å². The minimum absolute atomic E-state index is 0.0838. The van der Waals surface area contributed by atoms with Crippen LogP contribution in [0.3, 0.4) is 0 Å². The highest BCUT2D eigenvalue weighted by atomic mass is 79.9. The number of hydrogen-bond acceptors (Lipinski definition) is 2. The van der Waals surface area contributed by atoms with Crippen LogP contribution in [0.4, 0.5) is 0 Å². The van der Waals surface area contributed by atoms with Gasteiger partial charge in [-0.1, -0.05) is 34.1 Å². The molecule has 1 nitrogen and oxygen atoms in total. The number of rotatable bonds is 2. The third kappa shape index (κ3) is 1.72. The van der Waals surface area contributed by atoms with Crippen molar-refractivity contribution in [2.75, 3.05) is 0 Å². The summed E-state index contributed by atoms with van der Waals surface area (Å²) in [5.74, 6) is 0. The minimum Gasteiger partial charge on any atom is -0.387 e. The summed E-state index contributed by atoms with van der Waals surface area (Å²) in [4.78, 5) is 0.0838. The quantitative estimate of drug-likeness (QED) is 0.825. The Morgan fingerprint density at radius 1 is 1.36 bits per heavy atom. The van der Waals surface area contributed by atoms with E-state index in [0.717, 1.165) is 10.9 Å². The Balaban J connectivity index is 2.53. The predicted octanol–water partition coefficient (Wildman–Crippen LogP) is 3.72. The van der Waals surface area contributed by atoms with Gasteiger partial charge < -0.3 is 5.11 Å². The number of alkyl halides is 1. The Kier molecular flexibility index (Phi) is 2.91. The Morgan fingerprint density at radius 2 is 2.07 bits per heavy atom. The van der Waals surface area contributed by atoms with Gasteiger partial charge in [-0.15, -0.1) is 11.3 Å². The molecule has 1 aromatic carbocycles. The Hall–Kier alpha value is -0.380. The fourth-order valence-electron chi connectivity index (χ4n) is 1.47. The molecule has 0 aliphatic heterocycles. The Labute approximate surface area is 95.5 Å². The van der Waals surface area contributed by atoms with Crippen LogP contribution < -0.4 is 0 Å². The molecular formula is C11H11BrOS. The molecule has 0 saturated heterocycles. The van der Waals surface area contributed by atoms with Crippen molar-refractivity contribution in [1.82, 2.24) is 0 Å². The van der Waals surface area contributed by atoms with Crippen molar-refractivity contribution in [1.29, 1.82) is 0 Å². The molecule has 0 aliphatic rings. The van der Waals surface area contributed by atoms with E-state index in [2.05, 4.69) is 28.1 Å². The highest BCUT2D eigenvalue weighted by Crippen LogP contribution is 2.33. The summed E-state index contributed by atoms with van der Waals surface area (Å²) in [5.41, 5.74) is 1.02. The molecule has 0 radical (unpaired) electrons. The second-order valence-electron chi connectivity index (χ2n) is 3.31. The second kappa shape index (κ2) is 4.01. The SMILES string of the molecule is CC(Br)C(O)c1csc2ccccc12. The van der Waals surface area contributed by atoms with E-state index in [9.17, 15) is 5.11 Å². The lowest BCUT2D eigenvalue weighted by molar-refractivity contribution is 0.183. The average Bonchev–Trinajstić information content (AvgIpc) is 2.60. The fraction of sp³-hybridized carbons (Fsp3) is 0.273. The topological polar surface area (TPSA) is 20.2 Å². The summed E-state index contributed by atoms with van der Waals surface area (Å²) in [6.07, 6.45) is -0.425. The third-order valence-corrected chi connectivity index (χ3v) is 3.75. The molecule has 14 heavy (non-hydrogen) atoms. The summed E-state index contributed by atoms with van der Waals surface area (Å²) >= 11 is 5.08. The van der Waals surface area contributed by atoms with Gasteiger partial charge in [0, 0.05) is 15.1 Å². The van der Waals surface area contributed by atoms with Gasteiger partial charge in [0.15, 0.2) is 0 Å². The minimum atomic E-state index is -0.425. The highest BCUT2D eigenvalue weighted by Gasteiger charge is 2.16. The zero-order chi connectivity index (χ0) is 10.1. The number of fused-ring (bicyclic) bond motifs is 1. The fourth-order valence-corrected chi connectivity index (χ4v) is 2.75. The first-order valence-corrected chi connectivity index (χ1v) is 6.28. The Bertz CT molecular complexity index is 436. The summed E-state index contributed by atoms with van der Waals surface area (Å²) in [6.45, 7) is 1.96. The van der Waals surface area contributed by atoms with Crippen molar-refractivity contribution >= 4 is 37.4 Å². The van der Waals surface area contributed by atoms with Gasteiger partial charge in [-0.2, -0.15) is 0 Å². The number of halogens is 1. The average molecular weight is 271 g/mol. The van der Waals surface area contributed by atoms with Crippen molar-refractivity contribution in [2.24, 2.45) is 0 Å². The molecule has 1 heterocycles. The third-order valence-electron chi connectivity index (χ3n) is 2.26. The molecule has 0 saturated carbocycles. The van der Waals surface area contributed by atoms with Crippen LogP contribution in [-0.4, -0.2) is 9.93 Å². The van der Waals surface area contributed by atoms with E-state index < -0.39 is 6.10 Å². The normalized spacial score (nSPS) is 15.6. The van der Waals surface area contributed by atoms with E-state index in [-0.39, 0.29) is 4.83 Å². The van der Waals surface area contributed by atoms with Gasteiger partial charge in [-0.3, -0.25) is 0 Å². The van der Waals surface area contributed by atoms with Gasteiger partial charge in [-0.05, 0) is 23.8 Å². The maximum atomic E-state index is 9.94. The zero-order valence-electron chi connectivity index (χ0n) is 7.77. The number of aliphatic hydroxyl groups is 1. The van der Waals surface area contributed by atoms with E-state index in [1.165, 1.54) is 4.70 Å². The molecule has 0 amide bonds. The van der Waals surface area contributed by atoms with Crippen LogP contribution in [0.25, 0.3) is 10.1 Å². The first kappa shape index (κ1) is 10.1. The van der Waals surface area contributed by atoms with Crippen molar-refractivity contribution in [3.05, 3.63) is 35.2 Å². The lowest BCUT2D eigenvalue weighted by Crippen LogP contribution is -2.06. The molecule has 2 unspecified atom stereocenters. The van der Waals surface area contributed by atoms with Gasteiger partial charge in [0.25, 0.3) is 0 Å². The zero-order valence-corrected chi connectivity index (χ0v) is 10.2. The number of aliphatic hydroxyl groups excluding tert-OH is 1. The van der Waals surface area contributed by atoms with Crippen LogP contribution in [0, 0.1) is 0 Å². The number of thiophene rings is 1. The first-order valence-electron chi connectivity index (χ1n) is 4.48. The van der Waals surface area contributed by atoms with Crippen LogP contribution in [0.5, 0.6) is 0 Å². The van der Waals surface area contributed by atoms with Gasteiger partial charge in [0.05, 0.1) is 6.10 Å².